The van der Waals surface area contributed by atoms with Gasteiger partial charge >= 0.3 is 6.03 Å². The third-order valence-corrected chi connectivity index (χ3v) is 3.64. The van der Waals surface area contributed by atoms with E-state index in [0.717, 1.165) is 0 Å². The Labute approximate surface area is 121 Å². The van der Waals surface area contributed by atoms with E-state index in [4.69, 9.17) is 4.74 Å². The monoisotopic (exact) mass is 300 g/mol. The van der Waals surface area contributed by atoms with Crippen molar-refractivity contribution >= 4 is 11.7 Å². The van der Waals surface area contributed by atoms with Gasteiger partial charge in [-0.3, -0.25) is 0 Å². The van der Waals surface area contributed by atoms with Crippen molar-refractivity contribution in [2.45, 2.75) is 24.9 Å². The number of anilines is 1. The van der Waals surface area contributed by atoms with Crippen LogP contribution in [0, 0.1) is 0 Å². The number of alkyl halides is 2. The summed E-state index contributed by atoms with van der Waals surface area (Å²) < 4.78 is 30.4. The highest BCUT2D eigenvalue weighted by atomic mass is 19.3. The van der Waals surface area contributed by atoms with Crippen molar-refractivity contribution in [1.29, 1.82) is 0 Å². The van der Waals surface area contributed by atoms with Crippen LogP contribution >= 0.6 is 0 Å². The Balaban J connectivity index is 1.93. The normalized spacial score (nSPS) is 17.7. The molecule has 1 aromatic carbocycles. The summed E-state index contributed by atoms with van der Waals surface area (Å²) in [5.41, 5.74) is -1.42. The summed E-state index contributed by atoms with van der Waals surface area (Å²) in [4.78, 5) is 13.5. The number of rotatable bonds is 3. The second kappa shape index (κ2) is 6.26. The van der Waals surface area contributed by atoms with Crippen molar-refractivity contribution in [3.05, 3.63) is 24.3 Å². The number of hydrogen-bond acceptors (Lipinski definition) is 3. The minimum Gasteiger partial charge on any atom is -0.497 e. The topological polar surface area (TPSA) is 61.8 Å². The molecule has 0 bridgehead atoms. The summed E-state index contributed by atoms with van der Waals surface area (Å²) in [5.74, 6) is 0.610. The number of nitrogens with one attached hydrogen (secondary N) is 1. The molecule has 21 heavy (non-hydrogen) atoms. The number of methoxy groups -OCH3 is 1. The van der Waals surface area contributed by atoms with Crippen molar-refractivity contribution in [3.63, 3.8) is 0 Å². The lowest BCUT2D eigenvalue weighted by molar-refractivity contribution is -0.121. The van der Waals surface area contributed by atoms with Gasteiger partial charge in [-0.2, -0.15) is 0 Å². The number of urea groups is 1. The van der Waals surface area contributed by atoms with E-state index >= 15 is 0 Å². The molecule has 0 spiro atoms. The van der Waals surface area contributed by atoms with Gasteiger partial charge in [0.05, 0.1) is 7.11 Å². The second-order valence-corrected chi connectivity index (χ2v) is 5.05. The summed E-state index contributed by atoms with van der Waals surface area (Å²) >= 11 is 0. The zero-order chi connectivity index (χ0) is 15.5. The Kier molecular flexibility index (Phi) is 4.62. The maximum atomic E-state index is 12.7. The second-order valence-electron chi connectivity index (χ2n) is 5.05. The van der Waals surface area contributed by atoms with Crippen LogP contribution in [0.15, 0.2) is 24.3 Å². The highest BCUT2D eigenvalue weighted by Crippen LogP contribution is 2.28. The van der Waals surface area contributed by atoms with Gasteiger partial charge in [0.15, 0.2) is 0 Å². The van der Waals surface area contributed by atoms with E-state index in [2.05, 4.69) is 5.32 Å². The van der Waals surface area contributed by atoms with Crippen LogP contribution in [0.25, 0.3) is 0 Å². The molecular weight excluding hydrogens is 282 g/mol. The van der Waals surface area contributed by atoms with E-state index in [1.807, 2.05) is 0 Å². The third kappa shape index (κ3) is 3.60. The maximum absolute atomic E-state index is 12.7. The number of hydrogen-bond donors (Lipinski definition) is 2. The molecule has 1 fully saturated rings. The average molecular weight is 300 g/mol. The van der Waals surface area contributed by atoms with Gasteiger partial charge in [0.1, 0.15) is 11.4 Å². The van der Waals surface area contributed by atoms with Crippen LogP contribution in [-0.2, 0) is 0 Å². The van der Waals surface area contributed by atoms with Crippen LogP contribution in [0.2, 0.25) is 0 Å². The maximum Gasteiger partial charge on any atom is 0.321 e. The van der Waals surface area contributed by atoms with Gasteiger partial charge in [-0.1, -0.05) is 6.07 Å². The largest absolute Gasteiger partial charge is 0.497 e. The standard InChI is InChI=1S/C14H18F2N2O3/c1-21-11-4-2-3-10(9-11)17-13(19)18-7-5-14(20,6-8-18)12(15)16/h2-4,9,12,20H,5-8H2,1H3,(H,17,19). The SMILES string of the molecule is COc1cccc(NC(=O)N2CCC(O)(C(F)F)CC2)c1. The molecule has 0 unspecified atom stereocenters. The van der Waals surface area contributed by atoms with E-state index in [1.165, 1.54) is 12.0 Å². The smallest absolute Gasteiger partial charge is 0.321 e. The Morgan fingerprint density at radius 1 is 1.43 bits per heavy atom. The van der Waals surface area contributed by atoms with Gasteiger partial charge in [0.2, 0.25) is 0 Å². The summed E-state index contributed by atoms with van der Waals surface area (Å²) in [7, 11) is 1.52. The Morgan fingerprint density at radius 2 is 2.10 bits per heavy atom. The fourth-order valence-electron chi connectivity index (χ4n) is 2.22. The predicted octanol–water partition coefficient (Wildman–Crippen LogP) is 2.32. The number of nitrogens with zero attached hydrogens (tertiary/aromatic N) is 1. The molecule has 1 aliphatic heterocycles. The van der Waals surface area contributed by atoms with Gasteiger partial charge in [0, 0.05) is 24.8 Å². The molecule has 2 amide bonds. The summed E-state index contributed by atoms with van der Waals surface area (Å²) in [5, 5.41) is 12.4. The number of amides is 2. The first-order chi connectivity index (χ1) is 9.94. The summed E-state index contributed by atoms with van der Waals surface area (Å²) in [6.07, 6.45) is -3.05. The van der Waals surface area contributed by atoms with E-state index in [-0.39, 0.29) is 32.0 Å². The predicted molar refractivity (Wildman–Crippen MR) is 73.8 cm³/mol. The molecule has 2 rings (SSSR count). The van der Waals surface area contributed by atoms with Crippen LogP contribution in [0.4, 0.5) is 19.3 Å². The fourth-order valence-corrected chi connectivity index (χ4v) is 2.22. The number of halogens is 2. The van der Waals surface area contributed by atoms with Gasteiger partial charge in [-0.25, -0.2) is 13.6 Å². The fraction of sp³-hybridized carbons (Fsp3) is 0.500. The number of carbonyl (C=O) groups is 1. The average Bonchev–Trinajstić information content (AvgIpc) is 2.48. The highest BCUT2D eigenvalue weighted by molar-refractivity contribution is 5.89. The number of ether oxygens (including phenoxy) is 1. The van der Waals surface area contributed by atoms with Crippen LogP contribution in [-0.4, -0.2) is 48.3 Å². The van der Waals surface area contributed by atoms with Crippen molar-refractivity contribution in [2.24, 2.45) is 0 Å². The van der Waals surface area contributed by atoms with E-state index in [9.17, 15) is 18.7 Å². The first-order valence-corrected chi connectivity index (χ1v) is 6.65. The lowest BCUT2D eigenvalue weighted by atomic mass is 9.92. The van der Waals surface area contributed by atoms with Crippen LogP contribution in [0.5, 0.6) is 5.75 Å². The van der Waals surface area contributed by atoms with Crippen LogP contribution in [0.3, 0.4) is 0 Å². The summed E-state index contributed by atoms with van der Waals surface area (Å²) in [6.45, 7) is 0.188. The van der Waals surface area contributed by atoms with Gasteiger partial charge < -0.3 is 20.1 Å². The van der Waals surface area contributed by atoms with E-state index in [0.29, 0.717) is 11.4 Å². The number of carbonyl (C=O) groups excluding carboxylic acids is 1. The quantitative estimate of drug-likeness (QED) is 0.900. The Hall–Kier alpha value is -1.89. The molecule has 1 aromatic rings. The van der Waals surface area contributed by atoms with Crippen molar-refractivity contribution in [2.75, 3.05) is 25.5 Å². The van der Waals surface area contributed by atoms with Crippen molar-refractivity contribution in [1.82, 2.24) is 4.90 Å². The third-order valence-electron chi connectivity index (χ3n) is 3.64. The van der Waals surface area contributed by atoms with Gasteiger partial charge in [-0.05, 0) is 25.0 Å². The molecule has 0 saturated carbocycles. The number of likely N-dealkylation sites (tertiary alicyclic amines) is 1. The Morgan fingerprint density at radius 3 is 2.67 bits per heavy atom. The first-order valence-electron chi connectivity index (χ1n) is 6.65. The Bertz CT molecular complexity index is 503. The molecule has 1 heterocycles. The molecule has 0 radical (unpaired) electrons. The first kappa shape index (κ1) is 15.5. The molecule has 116 valence electrons. The lowest BCUT2D eigenvalue weighted by Crippen LogP contribution is -2.51. The van der Waals surface area contributed by atoms with Crippen molar-refractivity contribution < 1.29 is 23.4 Å². The number of piperidine rings is 1. The van der Waals surface area contributed by atoms with E-state index < -0.39 is 12.0 Å². The molecule has 1 aliphatic rings. The number of benzene rings is 1. The van der Waals surface area contributed by atoms with Gasteiger partial charge in [-0.15, -0.1) is 0 Å². The number of aliphatic hydroxyl groups is 1. The van der Waals surface area contributed by atoms with Gasteiger partial charge in [0.25, 0.3) is 6.43 Å². The molecule has 5 nitrogen and oxygen atoms in total. The molecule has 0 aliphatic carbocycles. The molecule has 0 atom stereocenters. The molecule has 2 N–H and O–H groups in total. The summed E-state index contributed by atoms with van der Waals surface area (Å²) in [6, 6.07) is 6.48. The zero-order valence-electron chi connectivity index (χ0n) is 11.7. The zero-order valence-corrected chi connectivity index (χ0v) is 11.7. The van der Waals surface area contributed by atoms with Crippen LogP contribution < -0.4 is 10.1 Å². The molecule has 1 saturated heterocycles. The molecule has 0 aromatic heterocycles. The molecular formula is C14H18F2N2O3. The minimum absolute atomic E-state index is 0.0939. The lowest BCUT2D eigenvalue weighted by Gasteiger charge is -2.37. The van der Waals surface area contributed by atoms with Crippen molar-refractivity contribution in [3.8, 4) is 5.75 Å². The minimum atomic E-state index is -2.79. The van der Waals surface area contributed by atoms with Crippen LogP contribution in [0.1, 0.15) is 12.8 Å². The molecule has 7 heteroatoms. The van der Waals surface area contributed by atoms with E-state index in [1.54, 1.807) is 24.3 Å². The highest BCUT2D eigenvalue weighted by Gasteiger charge is 2.41.